The van der Waals surface area contributed by atoms with Crippen LogP contribution >= 0.6 is 0 Å². The molecule has 0 radical (unpaired) electrons. The average Bonchev–Trinajstić information content (AvgIpc) is 3.13. The minimum absolute atomic E-state index is 0.0735. The molecule has 7 heteroatoms. The number of hydrogen-bond acceptors (Lipinski definition) is 4. The summed E-state index contributed by atoms with van der Waals surface area (Å²) in [5.74, 6) is 0.146. The van der Waals surface area contributed by atoms with Crippen LogP contribution in [0.3, 0.4) is 0 Å². The van der Waals surface area contributed by atoms with Gasteiger partial charge in [0.05, 0.1) is 5.92 Å². The maximum absolute atomic E-state index is 12.4. The van der Waals surface area contributed by atoms with Crippen LogP contribution in [0.25, 0.3) is 0 Å². The van der Waals surface area contributed by atoms with Crippen molar-refractivity contribution in [3.63, 3.8) is 0 Å². The second-order valence-corrected chi connectivity index (χ2v) is 7.74. The zero-order valence-corrected chi connectivity index (χ0v) is 17.3. The maximum Gasteiger partial charge on any atom is 0.262 e. The Labute approximate surface area is 176 Å². The summed E-state index contributed by atoms with van der Waals surface area (Å²) in [6.45, 7) is 4.91. The Balaban J connectivity index is 1.51. The van der Waals surface area contributed by atoms with Gasteiger partial charge in [-0.05, 0) is 42.3 Å². The molecule has 1 atom stereocenters. The standard InChI is InChI=1S/C23H27N3O4/c1-16(2)13-24-23(29)17-12-22(28)26(14-17)19-8-10-20(11-9-19)30-15-21(27)25-18-6-4-3-5-7-18/h3-11,16-17H,12-15H2,1-2H3,(H,24,29)(H,25,27)/t17-/m1/s1. The van der Waals surface area contributed by atoms with Gasteiger partial charge in [-0.15, -0.1) is 0 Å². The van der Waals surface area contributed by atoms with Gasteiger partial charge < -0.3 is 20.3 Å². The van der Waals surface area contributed by atoms with Gasteiger partial charge in [0.2, 0.25) is 11.8 Å². The minimum Gasteiger partial charge on any atom is -0.484 e. The molecule has 7 nitrogen and oxygen atoms in total. The van der Waals surface area contributed by atoms with Crippen molar-refractivity contribution in [3.05, 3.63) is 54.6 Å². The second-order valence-electron chi connectivity index (χ2n) is 7.74. The molecule has 1 heterocycles. The van der Waals surface area contributed by atoms with Crippen molar-refractivity contribution in [1.82, 2.24) is 5.32 Å². The molecule has 2 aromatic carbocycles. The fraction of sp³-hybridized carbons (Fsp3) is 0.348. The SMILES string of the molecule is CC(C)CNC(=O)[C@@H]1CC(=O)N(c2ccc(OCC(=O)Nc3ccccc3)cc2)C1. The molecule has 158 valence electrons. The lowest BCUT2D eigenvalue weighted by Crippen LogP contribution is -2.35. The Kier molecular flexibility index (Phi) is 7.06. The molecule has 2 N–H and O–H groups in total. The number of carbonyl (C=O) groups excluding carboxylic acids is 3. The van der Waals surface area contributed by atoms with Gasteiger partial charge in [0.15, 0.2) is 6.61 Å². The first kappa shape index (κ1) is 21.4. The van der Waals surface area contributed by atoms with Crippen LogP contribution in [0.2, 0.25) is 0 Å². The molecular formula is C23H27N3O4. The molecular weight excluding hydrogens is 382 g/mol. The molecule has 3 amide bonds. The number of carbonyl (C=O) groups is 3. The molecule has 0 spiro atoms. The summed E-state index contributed by atoms with van der Waals surface area (Å²) in [6, 6.07) is 16.1. The summed E-state index contributed by atoms with van der Waals surface area (Å²) in [4.78, 5) is 38.2. The maximum atomic E-state index is 12.4. The number of benzene rings is 2. The number of amides is 3. The predicted octanol–water partition coefficient (Wildman–Crippen LogP) is 2.83. The monoisotopic (exact) mass is 409 g/mol. The largest absolute Gasteiger partial charge is 0.484 e. The third-order valence-corrected chi connectivity index (χ3v) is 4.76. The molecule has 1 aliphatic heterocycles. The quantitative estimate of drug-likeness (QED) is 0.702. The van der Waals surface area contributed by atoms with Gasteiger partial charge in [-0.1, -0.05) is 32.0 Å². The van der Waals surface area contributed by atoms with Crippen LogP contribution < -0.4 is 20.3 Å². The molecule has 0 unspecified atom stereocenters. The highest BCUT2D eigenvalue weighted by Crippen LogP contribution is 2.27. The summed E-state index contributed by atoms with van der Waals surface area (Å²) >= 11 is 0. The second kappa shape index (κ2) is 9.91. The van der Waals surface area contributed by atoms with Crippen molar-refractivity contribution in [1.29, 1.82) is 0 Å². The zero-order chi connectivity index (χ0) is 21.5. The molecule has 0 aromatic heterocycles. The molecule has 0 saturated carbocycles. The van der Waals surface area contributed by atoms with Gasteiger partial charge >= 0.3 is 0 Å². The molecule has 30 heavy (non-hydrogen) atoms. The van der Waals surface area contributed by atoms with Crippen LogP contribution in [-0.2, 0) is 14.4 Å². The Hall–Kier alpha value is -3.35. The molecule has 1 aliphatic rings. The van der Waals surface area contributed by atoms with Crippen LogP contribution in [0.5, 0.6) is 5.75 Å². The van der Waals surface area contributed by atoms with E-state index in [1.807, 2.05) is 32.0 Å². The van der Waals surface area contributed by atoms with Gasteiger partial charge in [0, 0.05) is 30.9 Å². The lowest BCUT2D eigenvalue weighted by Gasteiger charge is -2.17. The van der Waals surface area contributed by atoms with Gasteiger partial charge in [0.25, 0.3) is 5.91 Å². The molecule has 2 aromatic rings. The van der Waals surface area contributed by atoms with Crippen molar-refractivity contribution in [2.75, 3.05) is 29.9 Å². The van der Waals surface area contributed by atoms with Gasteiger partial charge in [-0.3, -0.25) is 14.4 Å². The number of hydrogen-bond donors (Lipinski definition) is 2. The van der Waals surface area contributed by atoms with Crippen LogP contribution in [0, 0.1) is 11.8 Å². The number of ether oxygens (including phenoxy) is 1. The van der Waals surface area contributed by atoms with Crippen molar-refractivity contribution >= 4 is 29.1 Å². The number of nitrogens with one attached hydrogen (secondary N) is 2. The van der Waals surface area contributed by atoms with Crippen molar-refractivity contribution in [2.24, 2.45) is 11.8 Å². The van der Waals surface area contributed by atoms with E-state index in [2.05, 4.69) is 10.6 Å². The highest BCUT2D eigenvalue weighted by atomic mass is 16.5. The van der Waals surface area contributed by atoms with Crippen LogP contribution in [0.15, 0.2) is 54.6 Å². The summed E-state index contributed by atoms with van der Waals surface area (Å²) < 4.78 is 5.52. The smallest absolute Gasteiger partial charge is 0.262 e. The molecule has 0 aliphatic carbocycles. The molecule has 1 fully saturated rings. The summed E-state index contributed by atoms with van der Waals surface area (Å²) in [7, 11) is 0. The average molecular weight is 409 g/mol. The number of nitrogens with zero attached hydrogens (tertiary/aromatic N) is 1. The summed E-state index contributed by atoms with van der Waals surface area (Å²) in [5.41, 5.74) is 1.42. The summed E-state index contributed by atoms with van der Waals surface area (Å²) in [5, 5.41) is 5.65. The van der Waals surface area contributed by atoms with E-state index in [9.17, 15) is 14.4 Å². The fourth-order valence-corrected chi connectivity index (χ4v) is 3.17. The van der Waals surface area contributed by atoms with Crippen LogP contribution in [0.4, 0.5) is 11.4 Å². The molecule has 1 saturated heterocycles. The van der Waals surface area contributed by atoms with E-state index >= 15 is 0 Å². The van der Waals surface area contributed by atoms with E-state index < -0.39 is 0 Å². The van der Waals surface area contributed by atoms with E-state index in [0.29, 0.717) is 36.1 Å². The lowest BCUT2D eigenvalue weighted by atomic mass is 10.1. The van der Waals surface area contributed by atoms with Crippen molar-refractivity contribution in [2.45, 2.75) is 20.3 Å². The summed E-state index contributed by atoms with van der Waals surface area (Å²) in [6.07, 6.45) is 0.210. The first-order chi connectivity index (χ1) is 14.4. The molecule has 3 rings (SSSR count). The highest BCUT2D eigenvalue weighted by molar-refractivity contribution is 6.00. The predicted molar refractivity (Wildman–Crippen MR) is 115 cm³/mol. The molecule has 0 bridgehead atoms. The Morgan fingerprint density at radius 3 is 2.47 bits per heavy atom. The third kappa shape index (κ3) is 5.83. The first-order valence-electron chi connectivity index (χ1n) is 10.1. The van der Waals surface area contributed by atoms with E-state index in [1.165, 1.54) is 0 Å². The zero-order valence-electron chi connectivity index (χ0n) is 17.3. The topological polar surface area (TPSA) is 87.7 Å². The normalized spacial score (nSPS) is 15.9. The van der Waals surface area contributed by atoms with Gasteiger partial charge in [0.1, 0.15) is 5.75 Å². The van der Waals surface area contributed by atoms with Gasteiger partial charge in [-0.25, -0.2) is 0 Å². The number of rotatable bonds is 8. The highest BCUT2D eigenvalue weighted by Gasteiger charge is 2.35. The van der Waals surface area contributed by atoms with Crippen LogP contribution in [0.1, 0.15) is 20.3 Å². The Bertz CT molecular complexity index is 881. The first-order valence-corrected chi connectivity index (χ1v) is 10.1. The van der Waals surface area contributed by atoms with E-state index in [-0.39, 0.29) is 36.7 Å². The Morgan fingerprint density at radius 2 is 1.80 bits per heavy atom. The number of para-hydroxylation sites is 1. The van der Waals surface area contributed by atoms with E-state index in [1.54, 1.807) is 41.3 Å². The van der Waals surface area contributed by atoms with E-state index in [4.69, 9.17) is 4.74 Å². The van der Waals surface area contributed by atoms with Crippen LogP contribution in [-0.4, -0.2) is 37.4 Å². The number of anilines is 2. The lowest BCUT2D eigenvalue weighted by molar-refractivity contribution is -0.126. The van der Waals surface area contributed by atoms with Crippen molar-refractivity contribution < 1.29 is 19.1 Å². The fourth-order valence-electron chi connectivity index (χ4n) is 3.17. The van der Waals surface area contributed by atoms with Gasteiger partial charge in [-0.2, -0.15) is 0 Å². The van der Waals surface area contributed by atoms with E-state index in [0.717, 1.165) is 0 Å². The minimum atomic E-state index is -0.339. The Morgan fingerprint density at radius 1 is 1.10 bits per heavy atom. The third-order valence-electron chi connectivity index (χ3n) is 4.76. The van der Waals surface area contributed by atoms with Crippen molar-refractivity contribution in [3.8, 4) is 5.75 Å².